The van der Waals surface area contributed by atoms with Crippen LogP contribution < -0.4 is 5.32 Å². The molecular formula is C11H18BrNS. The van der Waals surface area contributed by atoms with Gasteiger partial charge in [-0.2, -0.15) is 0 Å². The number of thiophene rings is 1. The first-order valence-electron chi connectivity index (χ1n) is 5.11. The van der Waals surface area contributed by atoms with Gasteiger partial charge in [0.25, 0.3) is 0 Å². The largest absolute Gasteiger partial charge is 0.314 e. The molecule has 0 aliphatic heterocycles. The molecule has 0 saturated carbocycles. The van der Waals surface area contributed by atoms with E-state index in [0.717, 1.165) is 13.0 Å². The van der Waals surface area contributed by atoms with E-state index >= 15 is 0 Å². The lowest BCUT2D eigenvalue weighted by molar-refractivity contribution is 0.407. The molecule has 0 spiro atoms. The van der Waals surface area contributed by atoms with Gasteiger partial charge < -0.3 is 5.32 Å². The third kappa shape index (κ3) is 3.71. The molecule has 1 atom stereocenters. The summed E-state index contributed by atoms with van der Waals surface area (Å²) in [7, 11) is 0. The Labute approximate surface area is 99.0 Å². The van der Waals surface area contributed by atoms with Crippen molar-refractivity contribution in [3.63, 3.8) is 0 Å². The summed E-state index contributed by atoms with van der Waals surface area (Å²) in [5.74, 6) is 0.691. The maximum atomic E-state index is 3.53. The lowest BCUT2D eigenvalue weighted by Crippen LogP contribution is -2.35. The third-order valence-corrected chi connectivity index (χ3v) is 3.97. The number of hydrogen-bond acceptors (Lipinski definition) is 2. The highest BCUT2D eigenvalue weighted by Gasteiger charge is 2.13. The summed E-state index contributed by atoms with van der Waals surface area (Å²) in [5, 5.41) is 3.53. The molecule has 0 fully saturated rings. The van der Waals surface area contributed by atoms with Gasteiger partial charge >= 0.3 is 0 Å². The second-order valence-corrected chi connectivity index (χ2v) is 6.37. The zero-order chi connectivity index (χ0) is 10.6. The van der Waals surface area contributed by atoms with Crippen LogP contribution in [0, 0.1) is 5.92 Å². The van der Waals surface area contributed by atoms with Crippen LogP contribution in [0.5, 0.6) is 0 Å². The zero-order valence-corrected chi connectivity index (χ0v) is 11.4. The van der Waals surface area contributed by atoms with Crippen LogP contribution in [-0.2, 0) is 6.42 Å². The van der Waals surface area contributed by atoms with Crippen LogP contribution in [0.3, 0.4) is 0 Å². The van der Waals surface area contributed by atoms with Crippen molar-refractivity contribution in [1.82, 2.24) is 5.32 Å². The van der Waals surface area contributed by atoms with Crippen molar-refractivity contribution in [2.24, 2.45) is 5.92 Å². The number of nitrogens with one attached hydrogen (secondary N) is 1. The van der Waals surface area contributed by atoms with Gasteiger partial charge in [-0.25, -0.2) is 0 Å². The molecule has 0 saturated heterocycles. The van der Waals surface area contributed by atoms with Crippen LogP contribution >= 0.6 is 27.3 Å². The molecule has 1 nitrogen and oxygen atoms in total. The smallest absolute Gasteiger partial charge is 0.0701 e. The van der Waals surface area contributed by atoms with Crippen molar-refractivity contribution in [2.45, 2.75) is 33.2 Å². The van der Waals surface area contributed by atoms with Gasteiger partial charge in [0.1, 0.15) is 0 Å². The number of hydrogen-bond donors (Lipinski definition) is 1. The first-order valence-corrected chi connectivity index (χ1v) is 6.72. The van der Waals surface area contributed by atoms with Crippen LogP contribution in [0.15, 0.2) is 15.9 Å². The number of likely N-dealkylation sites (N-methyl/N-ethyl adjacent to an activating group) is 1. The molecule has 1 aromatic heterocycles. The Morgan fingerprint density at radius 3 is 2.57 bits per heavy atom. The molecule has 14 heavy (non-hydrogen) atoms. The van der Waals surface area contributed by atoms with Gasteiger partial charge in [0.15, 0.2) is 0 Å². The molecule has 0 aliphatic carbocycles. The van der Waals surface area contributed by atoms with Gasteiger partial charge in [0.05, 0.1) is 3.79 Å². The Kier molecular flexibility index (Phi) is 5.13. The molecule has 3 heteroatoms. The Morgan fingerprint density at radius 1 is 1.43 bits per heavy atom. The van der Waals surface area contributed by atoms with E-state index in [-0.39, 0.29) is 0 Å². The summed E-state index contributed by atoms with van der Waals surface area (Å²) in [5.41, 5.74) is 0. The lowest BCUT2D eigenvalue weighted by Gasteiger charge is -2.20. The van der Waals surface area contributed by atoms with Gasteiger partial charge in [-0.05, 0) is 46.9 Å². The van der Waals surface area contributed by atoms with Crippen molar-refractivity contribution in [1.29, 1.82) is 0 Å². The van der Waals surface area contributed by atoms with E-state index in [9.17, 15) is 0 Å². The summed E-state index contributed by atoms with van der Waals surface area (Å²) in [4.78, 5) is 1.46. The molecule has 80 valence electrons. The molecule has 1 aromatic rings. The minimum atomic E-state index is 0.602. The van der Waals surface area contributed by atoms with Gasteiger partial charge in [-0.3, -0.25) is 0 Å². The second-order valence-electron chi connectivity index (χ2n) is 3.82. The Balaban J connectivity index is 2.55. The first kappa shape index (κ1) is 12.2. The Morgan fingerprint density at radius 2 is 2.14 bits per heavy atom. The maximum absolute atomic E-state index is 3.53. The quantitative estimate of drug-likeness (QED) is 0.865. The van der Waals surface area contributed by atoms with Gasteiger partial charge in [-0.1, -0.05) is 20.8 Å². The minimum Gasteiger partial charge on any atom is -0.314 e. The molecule has 1 N–H and O–H groups in total. The van der Waals surface area contributed by atoms with E-state index < -0.39 is 0 Å². The molecule has 0 bridgehead atoms. The predicted molar refractivity (Wildman–Crippen MR) is 68.0 cm³/mol. The summed E-state index contributed by atoms with van der Waals surface area (Å²) < 4.78 is 1.23. The number of rotatable bonds is 5. The fourth-order valence-corrected chi connectivity index (χ4v) is 3.03. The highest BCUT2D eigenvalue weighted by molar-refractivity contribution is 9.11. The summed E-state index contributed by atoms with van der Waals surface area (Å²) in [6.45, 7) is 7.76. The number of halogens is 1. The highest BCUT2D eigenvalue weighted by Crippen LogP contribution is 2.24. The van der Waals surface area contributed by atoms with Gasteiger partial charge in [0, 0.05) is 10.9 Å². The van der Waals surface area contributed by atoms with E-state index in [2.05, 4.69) is 54.2 Å². The monoisotopic (exact) mass is 275 g/mol. The van der Waals surface area contributed by atoms with E-state index in [0.29, 0.717) is 12.0 Å². The minimum absolute atomic E-state index is 0.602. The normalized spacial score (nSPS) is 13.5. The van der Waals surface area contributed by atoms with Crippen LogP contribution in [-0.4, -0.2) is 12.6 Å². The van der Waals surface area contributed by atoms with E-state index in [1.165, 1.54) is 8.66 Å². The van der Waals surface area contributed by atoms with E-state index in [1.54, 1.807) is 0 Å². The standard InChI is InChI=1S/C11H18BrNS/c1-4-13-10(8(2)3)7-9-5-6-11(12)14-9/h5-6,8,10,13H,4,7H2,1-3H3. The van der Waals surface area contributed by atoms with Gasteiger partial charge in [0.2, 0.25) is 0 Å². The van der Waals surface area contributed by atoms with E-state index in [1.807, 2.05) is 11.3 Å². The SMILES string of the molecule is CCNC(Cc1ccc(Br)s1)C(C)C. The first-order chi connectivity index (χ1) is 6.63. The average Bonchev–Trinajstić information content (AvgIpc) is 2.50. The average molecular weight is 276 g/mol. The third-order valence-electron chi connectivity index (χ3n) is 2.32. The summed E-state index contributed by atoms with van der Waals surface area (Å²) >= 11 is 5.33. The highest BCUT2D eigenvalue weighted by atomic mass is 79.9. The maximum Gasteiger partial charge on any atom is 0.0701 e. The zero-order valence-electron chi connectivity index (χ0n) is 9.01. The molecule has 0 aliphatic rings. The van der Waals surface area contributed by atoms with Crippen LogP contribution in [0.1, 0.15) is 25.6 Å². The summed E-state index contributed by atoms with van der Waals surface area (Å²) in [6.07, 6.45) is 1.14. The molecular weight excluding hydrogens is 258 g/mol. The molecule has 0 amide bonds. The van der Waals surface area contributed by atoms with Crippen LogP contribution in [0.25, 0.3) is 0 Å². The molecule has 1 rings (SSSR count). The molecule has 1 heterocycles. The fourth-order valence-electron chi connectivity index (χ4n) is 1.48. The Bertz CT molecular complexity index is 270. The lowest BCUT2D eigenvalue weighted by atomic mass is 10.0. The molecule has 0 radical (unpaired) electrons. The summed E-state index contributed by atoms with van der Waals surface area (Å²) in [6, 6.07) is 4.94. The van der Waals surface area contributed by atoms with Crippen LogP contribution in [0.4, 0.5) is 0 Å². The van der Waals surface area contributed by atoms with Crippen molar-refractivity contribution in [3.8, 4) is 0 Å². The van der Waals surface area contributed by atoms with Crippen LogP contribution in [0.2, 0.25) is 0 Å². The van der Waals surface area contributed by atoms with Crippen molar-refractivity contribution in [2.75, 3.05) is 6.54 Å². The Hall–Kier alpha value is 0.140. The molecule has 0 aromatic carbocycles. The molecule has 1 unspecified atom stereocenters. The van der Waals surface area contributed by atoms with Crippen molar-refractivity contribution in [3.05, 3.63) is 20.8 Å². The topological polar surface area (TPSA) is 12.0 Å². The van der Waals surface area contributed by atoms with E-state index in [4.69, 9.17) is 0 Å². The van der Waals surface area contributed by atoms with Crippen molar-refractivity contribution < 1.29 is 0 Å². The predicted octanol–water partition coefficient (Wildman–Crippen LogP) is 3.69. The van der Waals surface area contributed by atoms with Gasteiger partial charge in [-0.15, -0.1) is 11.3 Å². The van der Waals surface area contributed by atoms with Crippen molar-refractivity contribution >= 4 is 27.3 Å². The fraction of sp³-hybridized carbons (Fsp3) is 0.636. The second kappa shape index (κ2) is 5.89.